The molecular weight excluding hydrogens is 391 g/mol. The molecule has 0 radical (unpaired) electrons. The topological polar surface area (TPSA) is 56.0 Å². The van der Waals surface area contributed by atoms with E-state index < -0.39 is 5.82 Å². The number of nitrogens with zero attached hydrogens (tertiary/aromatic N) is 1. The number of anilines is 1. The minimum atomic E-state index is -0.471. The van der Waals surface area contributed by atoms with E-state index >= 15 is 0 Å². The molecule has 2 aromatic rings. The minimum absolute atomic E-state index is 0.123. The molecule has 0 aliphatic rings. The van der Waals surface area contributed by atoms with Crippen molar-refractivity contribution in [3.05, 3.63) is 56.2 Å². The quantitative estimate of drug-likeness (QED) is 0.796. The van der Waals surface area contributed by atoms with Crippen molar-refractivity contribution in [1.29, 1.82) is 5.26 Å². The smallest absolute Gasteiger partial charge is 0.147 e. The molecule has 0 aliphatic carbocycles. The van der Waals surface area contributed by atoms with Crippen LogP contribution in [0.5, 0.6) is 5.75 Å². The van der Waals surface area contributed by atoms with E-state index in [2.05, 4.69) is 37.2 Å². The van der Waals surface area contributed by atoms with Crippen LogP contribution in [-0.2, 0) is 6.54 Å². The SMILES string of the molecule is N#Cc1ccc(NCc2cc(Br)c(O)c(Br)c2)c(F)c1. The van der Waals surface area contributed by atoms with E-state index in [1.54, 1.807) is 18.2 Å². The molecule has 2 rings (SSSR count). The van der Waals surface area contributed by atoms with Gasteiger partial charge in [0.15, 0.2) is 0 Å². The average Bonchev–Trinajstić information content (AvgIpc) is 2.43. The predicted octanol–water partition coefficient (Wildman–Crippen LogP) is 4.54. The molecule has 0 saturated carbocycles. The number of nitrogens with one attached hydrogen (secondary N) is 1. The summed E-state index contributed by atoms with van der Waals surface area (Å²) in [6, 6.07) is 9.63. The van der Waals surface area contributed by atoms with Gasteiger partial charge in [-0.3, -0.25) is 0 Å². The lowest BCUT2D eigenvalue weighted by Crippen LogP contribution is -2.02. The third-order valence-corrected chi connectivity index (χ3v) is 3.87. The zero-order valence-electron chi connectivity index (χ0n) is 10.1. The molecule has 6 heteroatoms. The van der Waals surface area contributed by atoms with Gasteiger partial charge in [-0.2, -0.15) is 5.26 Å². The van der Waals surface area contributed by atoms with Gasteiger partial charge in [-0.25, -0.2) is 4.39 Å². The first-order chi connectivity index (χ1) is 9.51. The molecule has 102 valence electrons. The Morgan fingerprint density at radius 1 is 1.20 bits per heavy atom. The van der Waals surface area contributed by atoms with Crippen LogP contribution in [0.4, 0.5) is 10.1 Å². The second kappa shape index (κ2) is 6.25. The molecule has 0 aliphatic heterocycles. The van der Waals surface area contributed by atoms with Gasteiger partial charge in [-0.05, 0) is 67.8 Å². The maximum absolute atomic E-state index is 13.7. The zero-order chi connectivity index (χ0) is 14.7. The molecule has 0 unspecified atom stereocenters. The molecule has 0 saturated heterocycles. The lowest BCUT2D eigenvalue weighted by Gasteiger charge is -2.10. The van der Waals surface area contributed by atoms with E-state index in [4.69, 9.17) is 5.26 Å². The van der Waals surface area contributed by atoms with Crippen LogP contribution < -0.4 is 5.32 Å². The Labute approximate surface area is 132 Å². The Morgan fingerprint density at radius 3 is 2.40 bits per heavy atom. The Morgan fingerprint density at radius 2 is 1.85 bits per heavy atom. The van der Waals surface area contributed by atoms with Crippen molar-refractivity contribution in [2.45, 2.75) is 6.54 Å². The summed E-state index contributed by atoms with van der Waals surface area (Å²) in [6.07, 6.45) is 0. The third kappa shape index (κ3) is 3.30. The summed E-state index contributed by atoms with van der Waals surface area (Å²) < 4.78 is 14.8. The minimum Gasteiger partial charge on any atom is -0.506 e. The Hall–Kier alpha value is -1.58. The van der Waals surface area contributed by atoms with Gasteiger partial charge in [0.25, 0.3) is 0 Å². The number of benzene rings is 2. The standard InChI is InChI=1S/C14H9Br2FN2O/c15-10-3-9(4-11(16)14(10)20)7-19-13-2-1-8(6-18)5-12(13)17/h1-5,19-20H,7H2. The highest BCUT2D eigenvalue weighted by Crippen LogP contribution is 2.33. The number of phenolic OH excluding ortho intramolecular Hbond substituents is 1. The lowest BCUT2D eigenvalue weighted by molar-refractivity contribution is 0.468. The molecule has 0 fully saturated rings. The van der Waals surface area contributed by atoms with Crippen LogP contribution in [0.25, 0.3) is 0 Å². The predicted molar refractivity (Wildman–Crippen MR) is 81.9 cm³/mol. The largest absolute Gasteiger partial charge is 0.506 e. The summed E-state index contributed by atoms with van der Waals surface area (Å²) >= 11 is 6.48. The van der Waals surface area contributed by atoms with Gasteiger partial charge < -0.3 is 10.4 Å². The maximum Gasteiger partial charge on any atom is 0.147 e. The van der Waals surface area contributed by atoms with Gasteiger partial charge >= 0.3 is 0 Å². The van der Waals surface area contributed by atoms with Crippen LogP contribution in [0.3, 0.4) is 0 Å². The highest BCUT2D eigenvalue weighted by molar-refractivity contribution is 9.11. The molecular formula is C14H9Br2FN2O. The summed E-state index contributed by atoms with van der Waals surface area (Å²) in [5.74, 6) is -0.348. The number of aromatic hydroxyl groups is 1. The first-order valence-corrected chi connectivity index (χ1v) is 7.20. The Balaban J connectivity index is 2.15. The van der Waals surface area contributed by atoms with Crippen molar-refractivity contribution in [3.8, 4) is 11.8 Å². The summed E-state index contributed by atoms with van der Waals surface area (Å²) in [4.78, 5) is 0. The van der Waals surface area contributed by atoms with Crippen molar-refractivity contribution in [2.24, 2.45) is 0 Å². The van der Waals surface area contributed by atoms with E-state index in [0.29, 0.717) is 21.2 Å². The Bertz CT molecular complexity index is 675. The van der Waals surface area contributed by atoms with Crippen LogP contribution in [0, 0.1) is 17.1 Å². The van der Waals surface area contributed by atoms with Gasteiger partial charge in [-0.15, -0.1) is 0 Å². The number of phenols is 1. The zero-order valence-corrected chi connectivity index (χ0v) is 13.3. The molecule has 2 aromatic carbocycles. The first kappa shape index (κ1) is 14.8. The maximum atomic E-state index is 13.7. The molecule has 0 atom stereocenters. The lowest BCUT2D eigenvalue weighted by atomic mass is 10.2. The van der Waals surface area contributed by atoms with Crippen molar-refractivity contribution >= 4 is 37.5 Å². The first-order valence-electron chi connectivity index (χ1n) is 5.61. The van der Waals surface area contributed by atoms with E-state index in [0.717, 1.165) is 5.56 Å². The third-order valence-electron chi connectivity index (χ3n) is 2.66. The Kier molecular flexibility index (Phi) is 4.63. The molecule has 0 heterocycles. The number of halogens is 3. The van der Waals surface area contributed by atoms with Crippen LogP contribution >= 0.6 is 31.9 Å². The van der Waals surface area contributed by atoms with Gasteiger partial charge in [0.2, 0.25) is 0 Å². The van der Waals surface area contributed by atoms with E-state index in [9.17, 15) is 9.50 Å². The highest BCUT2D eigenvalue weighted by atomic mass is 79.9. The molecule has 3 nitrogen and oxygen atoms in total. The van der Waals surface area contributed by atoms with Crippen LogP contribution in [0.15, 0.2) is 39.3 Å². The number of rotatable bonds is 3. The summed E-state index contributed by atoms with van der Waals surface area (Å²) in [6.45, 7) is 0.389. The fourth-order valence-electron chi connectivity index (χ4n) is 1.65. The van der Waals surface area contributed by atoms with Gasteiger partial charge in [0.1, 0.15) is 11.6 Å². The number of nitriles is 1. The molecule has 0 bridgehead atoms. The van der Waals surface area contributed by atoms with E-state index in [1.807, 2.05) is 6.07 Å². The normalized spacial score (nSPS) is 10.1. The van der Waals surface area contributed by atoms with Crippen LogP contribution in [0.2, 0.25) is 0 Å². The van der Waals surface area contributed by atoms with Crippen molar-refractivity contribution in [1.82, 2.24) is 0 Å². The fourth-order valence-corrected chi connectivity index (χ4v) is 2.93. The second-order valence-corrected chi connectivity index (χ2v) is 5.78. The molecule has 2 N–H and O–H groups in total. The fraction of sp³-hybridized carbons (Fsp3) is 0.0714. The highest BCUT2D eigenvalue weighted by Gasteiger charge is 2.07. The number of hydrogen-bond donors (Lipinski definition) is 2. The average molecular weight is 400 g/mol. The van der Waals surface area contributed by atoms with E-state index in [1.165, 1.54) is 12.1 Å². The van der Waals surface area contributed by atoms with Gasteiger partial charge in [0.05, 0.1) is 26.3 Å². The molecule has 20 heavy (non-hydrogen) atoms. The molecule has 0 aromatic heterocycles. The molecule has 0 spiro atoms. The monoisotopic (exact) mass is 398 g/mol. The van der Waals surface area contributed by atoms with Gasteiger partial charge in [0, 0.05) is 6.54 Å². The second-order valence-electron chi connectivity index (χ2n) is 4.07. The van der Waals surface area contributed by atoms with Crippen LogP contribution in [0.1, 0.15) is 11.1 Å². The summed E-state index contributed by atoms with van der Waals surface area (Å²) in [5, 5.41) is 21.2. The van der Waals surface area contributed by atoms with Crippen LogP contribution in [-0.4, -0.2) is 5.11 Å². The molecule has 0 amide bonds. The van der Waals surface area contributed by atoms with E-state index in [-0.39, 0.29) is 11.3 Å². The van der Waals surface area contributed by atoms with Crippen molar-refractivity contribution < 1.29 is 9.50 Å². The number of hydrogen-bond acceptors (Lipinski definition) is 3. The summed E-state index contributed by atoms with van der Waals surface area (Å²) in [5.41, 5.74) is 1.47. The van der Waals surface area contributed by atoms with Crippen molar-refractivity contribution in [2.75, 3.05) is 5.32 Å². The van der Waals surface area contributed by atoms with Gasteiger partial charge in [-0.1, -0.05) is 0 Å². The summed E-state index contributed by atoms with van der Waals surface area (Å²) in [7, 11) is 0. The van der Waals surface area contributed by atoms with Crippen molar-refractivity contribution in [3.63, 3.8) is 0 Å².